The van der Waals surface area contributed by atoms with E-state index in [0.29, 0.717) is 18.3 Å². The van der Waals surface area contributed by atoms with E-state index in [1.165, 1.54) is 6.33 Å². The Morgan fingerprint density at radius 1 is 1.14 bits per heavy atom. The Morgan fingerprint density at radius 2 is 1.90 bits per heavy atom. The van der Waals surface area contributed by atoms with Gasteiger partial charge < -0.3 is 19.4 Å². The van der Waals surface area contributed by atoms with Gasteiger partial charge in [0.1, 0.15) is 6.33 Å². The highest BCUT2D eigenvalue weighted by atomic mass is 16.5. The predicted molar refractivity (Wildman–Crippen MR) is 78.3 cm³/mol. The van der Waals surface area contributed by atoms with Crippen LogP contribution in [0.25, 0.3) is 0 Å². The maximum absolute atomic E-state index is 5.23. The fourth-order valence-corrected chi connectivity index (χ4v) is 2.06. The molecular weight excluding hydrogens is 270 g/mol. The highest BCUT2D eigenvalue weighted by molar-refractivity contribution is 5.34. The lowest BCUT2D eigenvalue weighted by atomic mass is 10.2. The first kappa shape index (κ1) is 15.2. The number of nitrogens with zero attached hydrogens (tertiary/aromatic N) is 4. The van der Waals surface area contributed by atoms with E-state index in [1.807, 2.05) is 12.5 Å². The van der Waals surface area contributed by atoms with Gasteiger partial charge >= 0.3 is 0 Å². The molecule has 0 radical (unpaired) electrons. The van der Waals surface area contributed by atoms with Crippen molar-refractivity contribution >= 4 is 0 Å². The molecule has 0 amide bonds. The second kappa shape index (κ2) is 8.21. The number of ether oxygens (including phenoxy) is 2. The topological polar surface area (TPSA) is 74.1 Å². The molecule has 2 rings (SSSR count). The number of methoxy groups -OCH3 is 2. The monoisotopic (exact) mass is 291 g/mol. The summed E-state index contributed by atoms with van der Waals surface area (Å²) < 4.78 is 12.5. The van der Waals surface area contributed by atoms with Crippen molar-refractivity contribution in [3.05, 3.63) is 30.6 Å². The SMILES string of the molecule is COc1ncnc(OC)c1CNCCCCn1ccnc1. The van der Waals surface area contributed by atoms with Crippen LogP contribution in [0.1, 0.15) is 18.4 Å². The average molecular weight is 291 g/mol. The van der Waals surface area contributed by atoms with Crippen LogP contribution in [0.4, 0.5) is 0 Å². The number of rotatable bonds is 9. The maximum atomic E-state index is 5.23. The third-order valence-corrected chi connectivity index (χ3v) is 3.13. The molecule has 2 aromatic rings. The number of hydrogen-bond acceptors (Lipinski definition) is 6. The zero-order chi connectivity index (χ0) is 14.9. The van der Waals surface area contributed by atoms with Crippen molar-refractivity contribution in [3.8, 4) is 11.8 Å². The summed E-state index contributed by atoms with van der Waals surface area (Å²) in [5.41, 5.74) is 0.845. The summed E-state index contributed by atoms with van der Waals surface area (Å²) in [5.74, 6) is 1.10. The van der Waals surface area contributed by atoms with Gasteiger partial charge in [-0.05, 0) is 19.4 Å². The molecule has 1 N–H and O–H groups in total. The van der Waals surface area contributed by atoms with Crippen molar-refractivity contribution < 1.29 is 9.47 Å². The van der Waals surface area contributed by atoms with Gasteiger partial charge in [0.15, 0.2) is 0 Å². The molecule has 2 aromatic heterocycles. The Labute approximate surface area is 124 Å². The largest absolute Gasteiger partial charge is 0.481 e. The first-order valence-corrected chi connectivity index (χ1v) is 6.93. The second-order valence-corrected chi connectivity index (χ2v) is 4.56. The number of aromatic nitrogens is 4. The molecule has 0 bridgehead atoms. The maximum Gasteiger partial charge on any atom is 0.224 e. The van der Waals surface area contributed by atoms with Crippen LogP contribution in [-0.4, -0.2) is 40.3 Å². The molecule has 7 nitrogen and oxygen atoms in total. The minimum atomic E-state index is 0.549. The van der Waals surface area contributed by atoms with E-state index in [2.05, 4.69) is 24.8 Å². The van der Waals surface area contributed by atoms with Gasteiger partial charge in [-0.15, -0.1) is 0 Å². The molecule has 0 aliphatic carbocycles. The van der Waals surface area contributed by atoms with Gasteiger partial charge in [0, 0.05) is 25.5 Å². The fourth-order valence-electron chi connectivity index (χ4n) is 2.06. The van der Waals surface area contributed by atoms with E-state index >= 15 is 0 Å². The van der Waals surface area contributed by atoms with E-state index in [9.17, 15) is 0 Å². The second-order valence-electron chi connectivity index (χ2n) is 4.56. The highest BCUT2D eigenvalue weighted by Gasteiger charge is 2.11. The highest BCUT2D eigenvalue weighted by Crippen LogP contribution is 2.22. The lowest BCUT2D eigenvalue weighted by molar-refractivity contribution is 0.359. The molecule has 0 spiro atoms. The van der Waals surface area contributed by atoms with Crippen LogP contribution in [0.15, 0.2) is 25.0 Å². The number of imidazole rings is 1. The summed E-state index contributed by atoms with van der Waals surface area (Å²) in [4.78, 5) is 12.2. The van der Waals surface area contributed by atoms with Gasteiger partial charge in [-0.3, -0.25) is 0 Å². The molecule has 0 fully saturated rings. The minimum absolute atomic E-state index is 0.549. The zero-order valence-electron chi connectivity index (χ0n) is 12.5. The first-order chi connectivity index (χ1) is 10.3. The summed E-state index contributed by atoms with van der Waals surface area (Å²) in [6, 6.07) is 0. The molecule has 2 heterocycles. The zero-order valence-corrected chi connectivity index (χ0v) is 12.5. The van der Waals surface area contributed by atoms with E-state index in [1.54, 1.807) is 20.4 Å². The quantitative estimate of drug-likeness (QED) is 0.701. The van der Waals surface area contributed by atoms with Crippen molar-refractivity contribution in [1.29, 1.82) is 0 Å². The fraction of sp³-hybridized carbons (Fsp3) is 0.500. The standard InChI is InChI=1S/C14H21N5O2/c1-20-13-12(14(21-2)18-10-17-13)9-15-5-3-4-7-19-8-6-16-11-19/h6,8,10-11,15H,3-5,7,9H2,1-2H3. The van der Waals surface area contributed by atoms with E-state index in [-0.39, 0.29) is 0 Å². The number of hydrogen-bond donors (Lipinski definition) is 1. The van der Waals surface area contributed by atoms with E-state index in [0.717, 1.165) is 31.5 Å². The smallest absolute Gasteiger partial charge is 0.224 e. The molecule has 7 heteroatoms. The lowest BCUT2D eigenvalue weighted by Crippen LogP contribution is -2.17. The average Bonchev–Trinajstić information content (AvgIpc) is 3.03. The number of aryl methyl sites for hydroxylation is 1. The summed E-state index contributed by atoms with van der Waals surface area (Å²) in [6.45, 7) is 2.52. The van der Waals surface area contributed by atoms with Crippen LogP contribution < -0.4 is 14.8 Å². The van der Waals surface area contributed by atoms with Crippen molar-refractivity contribution in [3.63, 3.8) is 0 Å². The Hall–Kier alpha value is -2.15. The van der Waals surface area contributed by atoms with Gasteiger partial charge in [-0.2, -0.15) is 0 Å². The molecule has 0 unspecified atom stereocenters. The van der Waals surface area contributed by atoms with Crippen LogP contribution in [-0.2, 0) is 13.1 Å². The van der Waals surface area contributed by atoms with Crippen LogP contribution in [0.5, 0.6) is 11.8 Å². The van der Waals surface area contributed by atoms with Crippen LogP contribution in [0.3, 0.4) is 0 Å². The summed E-state index contributed by atoms with van der Waals surface area (Å²) >= 11 is 0. The molecule has 0 aromatic carbocycles. The van der Waals surface area contributed by atoms with E-state index < -0.39 is 0 Å². The van der Waals surface area contributed by atoms with Gasteiger partial charge in [-0.25, -0.2) is 15.0 Å². The van der Waals surface area contributed by atoms with Crippen molar-refractivity contribution in [2.24, 2.45) is 0 Å². The molecule has 0 aliphatic rings. The molecule has 0 aliphatic heterocycles. The van der Waals surface area contributed by atoms with Gasteiger partial charge in [-0.1, -0.05) is 0 Å². The summed E-state index contributed by atoms with van der Waals surface area (Å²) in [5, 5.41) is 3.37. The van der Waals surface area contributed by atoms with E-state index in [4.69, 9.17) is 9.47 Å². The molecular formula is C14H21N5O2. The summed E-state index contributed by atoms with van der Waals surface area (Å²) in [7, 11) is 3.19. The number of unbranched alkanes of at least 4 members (excludes halogenated alkanes) is 1. The van der Waals surface area contributed by atoms with Crippen molar-refractivity contribution in [2.45, 2.75) is 25.9 Å². The molecule has 21 heavy (non-hydrogen) atoms. The third-order valence-electron chi connectivity index (χ3n) is 3.13. The Balaban J connectivity index is 1.73. The minimum Gasteiger partial charge on any atom is -0.481 e. The Morgan fingerprint density at radius 3 is 2.52 bits per heavy atom. The Kier molecular flexibility index (Phi) is 5.96. The first-order valence-electron chi connectivity index (χ1n) is 6.93. The summed E-state index contributed by atoms with van der Waals surface area (Å²) in [6.07, 6.45) is 9.23. The Bertz CT molecular complexity index is 508. The molecule has 0 saturated heterocycles. The normalized spacial score (nSPS) is 10.6. The van der Waals surface area contributed by atoms with Crippen LogP contribution in [0, 0.1) is 0 Å². The van der Waals surface area contributed by atoms with Gasteiger partial charge in [0.05, 0.1) is 26.1 Å². The van der Waals surface area contributed by atoms with Gasteiger partial charge in [0.2, 0.25) is 11.8 Å². The number of nitrogens with one attached hydrogen (secondary N) is 1. The third kappa shape index (κ3) is 4.42. The molecule has 0 atom stereocenters. The molecule has 0 saturated carbocycles. The van der Waals surface area contributed by atoms with Crippen LogP contribution >= 0.6 is 0 Å². The van der Waals surface area contributed by atoms with Crippen LogP contribution in [0.2, 0.25) is 0 Å². The van der Waals surface area contributed by atoms with Gasteiger partial charge in [0.25, 0.3) is 0 Å². The van der Waals surface area contributed by atoms with Crippen molar-refractivity contribution in [2.75, 3.05) is 20.8 Å². The lowest BCUT2D eigenvalue weighted by Gasteiger charge is -2.11. The predicted octanol–water partition coefficient (Wildman–Crippen LogP) is 1.26. The van der Waals surface area contributed by atoms with Crippen molar-refractivity contribution in [1.82, 2.24) is 24.8 Å². The molecule has 114 valence electrons.